The molecule has 0 saturated carbocycles. The topological polar surface area (TPSA) is 125 Å². The predicted octanol–water partition coefficient (Wildman–Crippen LogP) is 2.44. The first-order chi connectivity index (χ1) is 14.2. The third kappa shape index (κ3) is 3.93. The van der Waals surface area contributed by atoms with Gasteiger partial charge in [-0.3, -0.25) is 0 Å². The Balaban J connectivity index is 1.65. The number of nitrogens with zero attached hydrogens (tertiary/aromatic N) is 4. The molecule has 0 unspecified atom stereocenters. The smallest absolute Gasteiger partial charge is 0.229 e. The highest BCUT2D eigenvalue weighted by molar-refractivity contribution is 5.66. The molecule has 0 spiro atoms. The minimum absolute atomic E-state index is 0.290. The third-order valence-corrected chi connectivity index (χ3v) is 4.55. The molecular weight excluding hydrogens is 364 g/mol. The molecule has 2 aromatic heterocycles. The van der Waals surface area contributed by atoms with Crippen LogP contribution in [0.15, 0.2) is 36.5 Å². The van der Waals surface area contributed by atoms with E-state index in [1.54, 1.807) is 18.2 Å². The molecule has 8 nitrogen and oxygen atoms in total. The number of anilines is 5. The Kier molecular flexibility index (Phi) is 4.93. The number of hydrogen-bond donors (Lipinski definition) is 4. The number of nitrogens with one attached hydrogen (secondary N) is 3. The van der Waals surface area contributed by atoms with Gasteiger partial charge in [-0.15, -0.1) is 6.42 Å². The first kappa shape index (κ1) is 18.2. The molecule has 0 bridgehead atoms. The van der Waals surface area contributed by atoms with E-state index in [1.165, 1.54) is 11.8 Å². The first-order valence-electron chi connectivity index (χ1n) is 9.03. The van der Waals surface area contributed by atoms with Crippen molar-refractivity contribution in [3.63, 3.8) is 0 Å². The summed E-state index contributed by atoms with van der Waals surface area (Å²) in [6, 6.07) is 11.2. The van der Waals surface area contributed by atoms with E-state index in [2.05, 4.69) is 42.9 Å². The van der Waals surface area contributed by atoms with Crippen LogP contribution in [-0.2, 0) is 13.0 Å². The van der Waals surface area contributed by atoms with Crippen LogP contribution >= 0.6 is 0 Å². The molecule has 5 N–H and O–H groups in total. The van der Waals surface area contributed by atoms with Crippen molar-refractivity contribution in [2.75, 3.05) is 22.9 Å². The molecule has 0 radical (unpaired) electrons. The van der Waals surface area contributed by atoms with Gasteiger partial charge in [0.15, 0.2) is 5.82 Å². The van der Waals surface area contributed by atoms with Gasteiger partial charge >= 0.3 is 0 Å². The number of benzene rings is 1. The van der Waals surface area contributed by atoms with Crippen LogP contribution in [0, 0.1) is 23.7 Å². The average Bonchev–Trinajstić information content (AvgIpc) is 2.73. The van der Waals surface area contributed by atoms with Gasteiger partial charge < -0.3 is 21.7 Å². The van der Waals surface area contributed by atoms with Crippen LogP contribution in [-0.4, -0.2) is 21.5 Å². The van der Waals surface area contributed by atoms with E-state index in [-0.39, 0.29) is 0 Å². The number of nitriles is 1. The maximum atomic E-state index is 9.37. The summed E-state index contributed by atoms with van der Waals surface area (Å²) >= 11 is 0. The fourth-order valence-electron chi connectivity index (χ4n) is 3.21. The Morgan fingerprint density at radius 1 is 1.17 bits per heavy atom. The van der Waals surface area contributed by atoms with Crippen molar-refractivity contribution >= 4 is 29.1 Å². The van der Waals surface area contributed by atoms with Crippen molar-refractivity contribution < 1.29 is 0 Å². The zero-order valence-corrected chi connectivity index (χ0v) is 15.5. The number of fused-ring (bicyclic) bond motifs is 1. The number of nitrogen functional groups attached to an aromatic ring is 1. The highest BCUT2D eigenvalue weighted by Gasteiger charge is 2.15. The lowest BCUT2D eigenvalue weighted by atomic mass is 9.95. The second-order valence-electron chi connectivity index (χ2n) is 6.50. The standard InChI is InChI=1S/C21H18N8/c1-2-13-8-16(9-14-11-24-7-6-17(13)14)26-21-25-12-15(10-22)20(29-21)28-19-5-3-4-18(23)27-19/h1,3-5,8-9,12,24H,6-7,11H2,(H4,23,25,26,27,28,29). The zero-order chi connectivity index (χ0) is 20.2. The number of terminal acetylenes is 1. The van der Waals surface area contributed by atoms with Gasteiger partial charge in [0.25, 0.3) is 0 Å². The Morgan fingerprint density at radius 3 is 2.86 bits per heavy atom. The van der Waals surface area contributed by atoms with E-state index in [1.807, 2.05) is 12.1 Å². The average molecular weight is 382 g/mol. The van der Waals surface area contributed by atoms with Gasteiger partial charge in [-0.2, -0.15) is 10.2 Å². The van der Waals surface area contributed by atoms with Gasteiger partial charge in [0, 0.05) is 17.8 Å². The van der Waals surface area contributed by atoms with E-state index < -0.39 is 0 Å². The van der Waals surface area contributed by atoms with Gasteiger partial charge in [0.2, 0.25) is 5.95 Å². The molecule has 8 heteroatoms. The van der Waals surface area contributed by atoms with Crippen molar-refractivity contribution in [2.24, 2.45) is 0 Å². The molecule has 0 saturated heterocycles. The molecule has 142 valence electrons. The van der Waals surface area contributed by atoms with Crippen LogP contribution in [0.2, 0.25) is 0 Å². The van der Waals surface area contributed by atoms with Crippen molar-refractivity contribution in [3.8, 4) is 18.4 Å². The molecule has 1 aromatic carbocycles. The normalized spacial score (nSPS) is 12.3. The van der Waals surface area contributed by atoms with Crippen LogP contribution in [0.3, 0.4) is 0 Å². The molecule has 0 amide bonds. The Morgan fingerprint density at radius 2 is 2.07 bits per heavy atom. The summed E-state index contributed by atoms with van der Waals surface area (Å²) in [5.41, 5.74) is 10.0. The molecule has 4 rings (SSSR count). The van der Waals surface area contributed by atoms with Crippen molar-refractivity contribution in [1.82, 2.24) is 20.3 Å². The van der Waals surface area contributed by atoms with Crippen LogP contribution < -0.4 is 21.7 Å². The Bertz CT molecular complexity index is 1160. The monoisotopic (exact) mass is 382 g/mol. The number of nitrogens with two attached hydrogens (primary N) is 1. The minimum Gasteiger partial charge on any atom is -0.384 e. The lowest BCUT2D eigenvalue weighted by Gasteiger charge is -2.20. The highest BCUT2D eigenvalue weighted by Crippen LogP contribution is 2.26. The first-order valence-corrected chi connectivity index (χ1v) is 9.03. The van der Waals surface area contributed by atoms with Gasteiger partial charge in [0.05, 0.1) is 6.20 Å². The van der Waals surface area contributed by atoms with E-state index >= 15 is 0 Å². The lowest BCUT2D eigenvalue weighted by molar-refractivity contribution is 0.643. The Labute approximate surface area is 168 Å². The SMILES string of the molecule is C#Cc1cc(Nc2ncc(C#N)c(Nc3cccc(N)n3)n2)cc2c1CCNC2. The number of hydrogen-bond acceptors (Lipinski definition) is 8. The fourth-order valence-corrected chi connectivity index (χ4v) is 3.21. The van der Waals surface area contributed by atoms with Crippen LogP contribution in [0.1, 0.15) is 22.3 Å². The molecule has 0 fully saturated rings. The van der Waals surface area contributed by atoms with Gasteiger partial charge in [-0.1, -0.05) is 12.0 Å². The van der Waals surface area contributed by atoms with Crippen LogP contribution in [0.25, 0.3) is 0 Å². The minimum atomic E-state index is 0.290. The Hall–Kier alpha value is -4.14. The van der Waals surface area contributed by atoms with Crippen molar-refractivity contribution in [1.29, 1.82) is 5.26 Å². The number of pyridine rings is 1. The van der Waals surface area contributed by atoms with E-state index in [0.717, 1.165) is 36.3 Å². The molecule has 3 heterocycles. The second kappa shape index (κ2) is 7.85. The predicted molar refractivity (Wildman–Crippen MR) is 112 cm³/mol. The fraction of sp³-hybridized carbons (Fsp3) is 0.143. The highest BCUT2D eigenvalue weighted by atomic mass is 15.2. The zero-order valence-electron chi connectivity index (χ0n) is 15.5. The molecule has 0 aliphatic carbocycles. The summed E-state index contributed by atoms with van der Waals surface area (Å²) in [4.78, 5) is 12.8. The maximum Gasteiger partial charge on any atom is 0.229 e. The third-order valence-electron chi connectivity index (χ3n) is 4.55. The summed E-state index contributed by atoms with van der Waals surface area (Å²) < 4.78 is 0. The van der Waals surface area contributed by atoms with E-state index in [4.69, 9.17) is 12.2 Å². The molecule has 1 aliphatic heterocycles. The molecular formula is C21H18N8. The summed E-state index contributed by atoms with van der Waals surface area (Å²) in [6.07, 6.45) is 8.06. The number of aromatic nitrogens is 3. The number of rotatable bonds is 4. The second-order valence-corrected chi connectivity index (χ2v) is 6.50. The van der Waals surface area contributed by atoms with Crippen molar-refractivity contribution in [2.45, 2.75) is 13.0 Å². The van der Waals surface area contributed by atoms with E-state index in [0.29, 0.717) is 29.0 Å². The van der Waals surface area contributed by atoms with Gasteiger partial charge in [-0.25, -0.2) is 9.97 Å². The summed E-state index contributed by atoms with van der Waals surface area (Å²) in [5, 5.41) is 18.9. The summed E-state index contributed by atoms with van der Waals surface area (Å²) in [6.45, 7) is 1.68. The maximum absolute atomic E-state index is 9.37. The van der Waals surface area contributed by atoms with Crippen LogP contribution in [0.4, 0.5) is 29.1 Å². The molecule has 3 aromatic rings. The summed E-state index contributed by atoms with van der Waals surface area (Å²) in [7, 11) is 0. The van der Waals surface area contributed by atoms with Gasteiger partial charge in [-0.05, 0) is 48.4 Å². The quantitative estimate of drug-likeness (QED) is 0.507. The van der Waals surface area contributed by atoms with Crippen molar-refractivity contribution in [3.05, 3.63) is 58.8 Å². The molecule has 29 heavy (non-hydrogen) atoms. The molecule has 1 aliphatic rings. The van der Waals surface area contributed by atoms with E-state index in [9.17, 15) is 5.26 Å². The van der Waals surface area contributed by atoms with Gasteiger partial charge in [0.1, 0.15) is 23.3 Å². The summed E-state index contributed by atoms with van der Waals surface area (Å²) in [5.74, 6) is 4.29. The lowest BCUT2D eigenvalue weighted by Crippen LogP contribution is -2.24. The van der Waals surface area contributed by atoms with Crippen LogP contribution in [0.5, 0.6) is 0 Å². The largest absolute Gasteiger partial charge is 0.384 e. The molecule has 0 atom stereocenters.